The van der Waals surface area contributed by atoms with Gasteiger partial charge in [-0.25, -0.2) is 0 Å². The van der Waals surface area contributed by atoms with Gasteiger partial charge in [-0.15, -0.1) is 0 Å². The van der Waals surface area contributed by atoms with Crippen molar-refractivity contribution in [1.29, 1.82) is 0 Å². The van der Waals surface area contributed by atoms with Crippen molar-refractivity contribution >= 4 is 47.9 Å². The van der Waals surface area contributed by atoms with Crippen LogP contribution in [-0.4, -0.2) is 59.5 Å². The molecule has 0 fully saturated rings. The van der Waals surface area contributed by atoms with E-state index in [4.69, 9.17) is 0 Å². The highest BCUT2D eigenvalue weighted by Crippen LogP contribution is 2.15. The predicted octanol–water partition coefficient (Wildman–Crippen LogP) is 5.81. The van der Waals surface area contributed by atoms with Gasteiger partial charge in [-0.3, -0.25) is 19.2 Å². The molecule has 0 rings (SSSR count). The number of hydrogen-bond acceptors (Lipinski definition) is 6. The van der Waals surface area contributed by atoms with Crippen LogP contribution >= 0.6 is 23.5 Å². The third-order valence-electron chi connectivity index (χ3n) is 6.04. The molecule has 0 saturated heterocycles. The van der Waals surface area contributed by atoms with Crippen LogP contribution in [0.4, 0.5) is 0 Å². The summed E-state index contributed by atoms with van der Waals surface area (Å²) in [5.41, 5.74) is 0. The second kappa shape index (κ2) is 24.3. The Labute approximate surface area is 229 Å². The summed E-state index contributed by atoms with van der Waals surface area (Å²) in [5, 5.41) is 5.34. The van der Waals surface area contributed by atoms with Crippen molar-refractivity contribution < 1.29 is 19.2 Å². The number of amides is 2. The normalized spacial score (nSPS) is 12.9. The molecule has 0 spiro atoms. The summed E-state index contributed by atoms with van der Waals surface area (Å²) in [4.78, 5) is 45.9. The van der Waals surface area contributed by atoms with Gasteiger partial charge < -0.3 is 10.6 Å². The van der Waals surface area contributed by atoms with Gasteiger partial charge in [0, 0.05) is 24.3 Å². The van der Waals surface area contributed by atoms with Crippen molar-refractivity contribution in [2.45, 2.75) is 117 Å². The highest BCUT2D eigenvalue weighted by molar-refractivity contribution is 7.99. The molecule has 8 heteroatoms. The van der Waals surface area contributed by atoms with E-state index in [1.807, 2.05) is 23.5 Å². The smallest absolute Gasteiger partial charge is 0.207 e. The Balaban J connectivity index is 3.52. The van der Waals surface area contributed by atoms with Gasteiger partial charge in [0.05, 0.1) is 12.1 Å². The average Bonchev–Trinajstić information content (AvgIpc) is 2.82. The molecule has 0 aliphatic heterocycles. The molecule has 0 saturated carbocycles. The van der Waals surface area contributed by atoms with Gasteiger partial charge in [-0.1, -0.05) is 66.2 Å². The molecule has 0 radical (unpaired) electrons. The van der Waals surface area contributed by atoms with Gasteiger partial charge in [-0.2, -0.15) is 23.5 Å². The first kappa shape index (κ1) is 35.0. The van der Waals surface area contributed by atoms with Crippen molar-refractivity contribution in [1.82, 2.24) is 10.6 Å². The Morgan fingerprint density at radius 3 is 1.22 bits per heavy atom. The number of carbonyl (C=O) groups excluding carboxylic acids is 4. The SMILES string of the molecule is CC(C)CC(NC=O)C(=O)CCSCCCCCCCCCCSCCC(=O)C(CC(C)C)NC=O. The monoisotopic (exact) mass is 544 g/mol. The minimum Gasteiger partial charge on any atom is -0.349 e. The quantitative estimate of drug-likeness (QED) is 0.100. The maximum atomic E-state index is 12.2. The van der Waals surface area contributed by atoms with Crippen molar-refractivity contribution in [2.24, 2.45) is 11.8 Å². The number of rotatable bonds is 27. The average molecular weight is 545 g/mol. The molecule has 0 aromatic carbocycles. The number of thioether (sulfide) groups is 2. The van der Waals surface area contributed by atoms with Crippen LogP contribution in [-0.2, 0) is 19.2 Å². The Bertz CT molecular complexity index is 538. The molecule has 0 aromatic heterocycles. The number of nitrogens with one attached hydrogen (secondary N) is 2. The first-order valence-electron chi connectivity index (χ1n) is 13.9. The lowest BCUT2D eigenvalue weighted by atomic mass is 9.99. The number of hydrogen-bond donors (Lipinski definition) is 2. The van der Waals surface area contributed by atoms with Gasteiger partial charge in [0.2, 0.25) is 12.8 Å². The van der Waals surface area contributed by atoms with Gasteiger partial charge in [0.1, 0.15) is 0 Å². The van der Waals surface area contributed by atoms with E-state index in [2.05, 4.69) is 38.3 Å². The third-order valence-corrected chi connectivity index (χ3v) is 8.18. The van der Waals surface area contributed by atoms with Crippen molar-refractivity contribution in [3.05, 3.63) is 0 Å². The first-order valence-corrected chi connectivity index (χ1v) is 16.2. The maximum absolute atomic E-state index is 12.2. The molecule has 2 amide bonds. The van der Waals surface area contributed by atoms with E-state index in [1.54, 1.807) is 0 Å². The van der Waals surface area contributed by atoms with Crippen molar-refractivity contribution in [3.63, 3.8) is 0 Å². The van der Waals surface area contributed by atoms with Gasteiger partial charge in [0.15, 0.2) is 11.6 Å². The Hall–Kier alpha value is -1.02. The standard InChI is InChI=1S/C28H52N2O4S2/c1-23(2)19-25(29-21-31)27(33)13-17-35-15-11-9-7-5-6-8-10-12-16-36-18-14-28(34)26(30-22-32)20-24(3)4/h21-26H,5-20H2,1-4H3,(H,29,31)(H,30,32). The fraction of sp³-hybridized carbons (Fsp3) is 0.857. The fourth-order valence-corrected chi connectivity index (χ4v) is 5.97. The number of Topliss-reactive ketones (excluding diaryl/α,β-unsaturated/α-hetero) is 2. The summed E-state index contributed by atoms with van der Waals surface area (Å²) in [6, 6.07) is -0.657. The summed E-state index contributed by atoms with van der Waals surface area (Å²) < 4.78 is 0. The molecule has 2 atom stereocenters. The Morgan fingerprint density at radius 2 is 0.917 bits per heavy atom. The number of unbranched alkanes of at least 4 members (excludes halogenated alkanes) is 7. The molecule has 0 heterocycles. The molecule has 0 aliphatic rings. The van der Waals surface area contributed by atoms with E-state index in [1.165, 1.54) is 51.4 Å². The van der Waals surface area contributed by atoms with E-state index in [0.717, 1.165) is 23.0 Å². The lowest BCUT2D eigenvalue weighted by Crippen LogP contribution is -2.37. The van der Waals surface area contributed by atoms with Crippen LogP contribution in [0.5, 0.6) is 0 Å². The Morgan fingerprint density at radius 1 is 0.583 bits per heavy atom. The van der Waals surface area contributed by atoms with Crippen LogP contribution in [0.3, 0.4) is 0 Å². The largest absolute Gasteiger partial charge is 0.349 e. The van der Waals surface area contributed by atoms with Crippen LogP contribution in [0.25, 0.3) is 0 Å². The van der Waals surface area contributed by atoms with Gasteiger partial charge in [0.25, 0.3) is 0 Å². The van der Waals surface area contributed by atoms with Crippen molar-refractivity contribution in [3.8, 4) is 0 Å². The van der Waals surface area contributed by atoms with Crippen molar-refractivity contribution in [2.75, 3.05) is 23.0 Å². The number of ketones is 2. The first-order chi connectivity index (χ1) is 17.3. The molecular formula is C28H52N2O4S2. The molecule has 0 aliphatic carbocycles. The zero-order valence-electron chi connectivity index (χ0n) is 23.2. The second-order valence-electron chi connectivity index (χ2n) is 10.4. The van der Waals surface area contributed by atoms with E-state index >= 15 is 0 Å². The maximum Gasteiger partial charge on any atom is 0.207 e. The summed E-state index contributed by atoms with van der Waals surface area (Å²) in [6.07, 6.45) is 13.8. The van der Waals surface area contributed by atoms with E-state index in [0.29, 0.717) is 50.3 Å². The molecule has 2 N–H and O–H groups in total. The molecule has 6 nitrogen and oxygen atoms in total. The number of carbonyl (C=O) groups is 4. The zero-order chi connectivity index (χ0) is 27.0. The fourth-order valence-electron chi connectivity index (χ4n) is 4.06. The molecule has 0 aromatic rings. The summed E-state index contributed by atoms with van der Waals surface area (Å²) in [5.74, 6) is 4.97. The minimum atomic E-state index is -0.329. The van der Waals surface area contributed by atoms with Gasteiger partial charge in [-0.05, 0) is 49.0 Å². The molecule has 36 heavy (non-hydrogen) atoms. The zero-order valence-corrected chi connectivity index (χ0v) is 24.9. The molecule has 0 bridgehead atoms. The Kier molecular flexibility index (Phi) is 23.6. The van der Waals surface area contributed by atoms with Crippen LogP contribution in [0, 0.1) is 11.8 Å². The third kappa shape index (κ3) is 21.1. The highest BCUT2D eigenvalue weighted by atomic mass is 32.2. The molecule has 210 valence electrons. The minimum absolute atomic E-state index is 0.150. The van der Waals surface area contributed by atoms with E-state index in [-0.39, 0.29) is 23.7 Å². The molecule has 2 unspecified atom stereocenters. The lowest BCUT2D eigenvalue weighted by Gasteiger charge is -2.16. The second-order valence-corrected chi connectivity index (χ2v) is 12.9. The molecular weight excluding hydrogens is 492 g/mol. The summed E-state index contributed by atoms with van der Waals surface area (Å²) >= 11 is 3.69. The van der Waals surface area contributed by atoms with Crippen LogP contribution in [0.1, 0.15) is 105 Å². The lowest BCUT2D eigenvalue weighted by molar-refractivity contribution is -0.123. The highest BCUT2D eigenvalue weighted by Gasteiger charge is 2.19. The predicted molar refractivity (Wildman–Crippen MR) is 156 cm³/mol. The van der Waals surface area contributed by atoms with Crippen LogP contribution in [0.15, 0.2) is 0 Å². The van der Waals surface area contributed by atoms with E-state index in [9.17, 15) is 19.2 Å². The van der Waals surface area contributed by atoms with Crippen LogP contribution < -0.4 is 10.6 Å². The van der Waals surface area contributed by atoms with E-state index < -0.39 is 0 Å². The summed E-state index contributed by atoms with van der Waals surface area (Å²) in [7, 11) is 0. The summed E-state index contributed by atoms with van der Waals surface area (Å²) in [6.45, 7) is 8.25. The van der Waals surface area contributed by atoms with Crippen LogP contribution in [0.2, 0.25) is 0 Å². The topological polar surface area (TPSA) is 92.3 Å². The van der Waals surface area contributed by atoms with Gasteiger partial charge >= 0.3 is 0 Å².